The van der Waals surface area contributed by atoms with Crippen LogP contribution < -0.4 is 10.6 Å². The molecule has 0 aromatic heterocycles. The van der Waals surface area contributed by atoms with Gasteiger partial charge in [-0.3, -0.25) is 10.3 Å². The van der Waals surface area contributed by atoms with Crippen LogP contribution in [0.2, 0.25) is 0 Å². The Balaban J connectivity index is 2.05. The van der Waals surface area contributed by atoms with Crippen molar-refractivity contribution in [1.82, 2.24) is 10.2 Å². The Hall–Kier alpha value is -2.84. The average molecular weight is 321 g/mol. The molecule has 0 bridgehead atoms. The number of guanidine groups is 1. The predicted octanol–water partition coefficient (Wildman–Crippen LogP) is 2.70. The summed E-state index contributed by atoms with van der Waals surface area (Å²) in [7, 11) is 4.09. The molecule has 0 saturated carbocycles. The second-order valence-electron chi connectivity index (χ2n) is 5.72. The lowest BCUT2D eigenvalue weighted by atomic mass is 10.1. The van der Waals surface area contributed by atoms with Crippen molar-refractivity contribution in [1.29, 1.82) is 5.26 Å². The van der Waals surface area contributed by atoms with Crippen LogP contribution in [0.1, 0.15) is 5.56 Å². The summed E-state index contributed by atoms with van der Waals surface area (Å²) >= 11 is 0. The highest BCUT2D eigenvalue weighted by molar-refractivity contribution is 5.94. The molecule has 0 heterocycles. The average Bonchev–Trinajstić information content (AvgIpc) is 2.60. The molecule has 24 heavy (non-hydrogen) atoms. The number of anilines is 1. The van der Waals surface area contributed by atoms with Crippen molar-refractivity contribution in [2.45, 2.75) is 12.5 Å². The number of rotatable bonds is 6. The van der Waals surface area contributed by atoms with Crippen LogP contribution in [0.15, 0.2) is 65.7 Å². The molecule has 1 atom stereocenters. The van der Waals surface area contributed by atoms with Crippen molar-refractivity contribution in [2.24, 2.45) is 4.99 Å². The molecule has 5 heteroatoms. The molecule has 2 N–H and O–H groups in total. The van der Waals surface area contributed by atoms with Gasteiger partial charge in [-0.2, -0.15) is 5.26 Å². The van der Waals surface area contributed by atoms with E-state index in [9.17, 15) is 0 Å². The molecule has 0 saturated heterocycles. The first-order valence-corrected chi connectivity index (χ1v) is 7.91. The number of para-hydroxylation sites is 1. The van der Waals surface area contributed by atoms with Crippen molar-refractivity contribution in [2.75, 3.05) is 26.0 Å². The molecule has 0 spiro atoms. The van der Waals surface area contributed by atoms with Gasteiger partial charge in [-0.25, -0.2) is 0 Å². The Kier molecular flexibility index (Phi) is 6.81. The van der Waals surface area contributed by atoms with E-state index in [-0.39, 0.29) is 6.04 Å². The monoisotopic (exact) mass is 321 g/mol. The van der Waals surface area contributed by atoms with Gasteiger partial charge in [0.25, 0.3) is 0 Å². The van der Waals surface area contributed by atoms with Crippen LogP contribution in [0.4, 0.5) is 5.69 Å². The number of hydrogen-bond acceptors (Lipinski definition) is 3. The Bertz CT molecular complexity index is 674. The molecule has 0 aliphatic heterocycles. The number of benzene rings is 2. The zero-order valence-corrected chi connectivity index (χ0v) is 14.1. The number of likely N-dealkylation sites (N-methyl/N-ethyl adjacent to an activating group) is 1. The Morgan fingerprint density at radius 3 is 2.29 bits per heavy atom. The second kappa shape index (κ2) is 9.33. The third-order valence-electron chi connectivity index (χ3n) is 3.72. The molecule has 0 aliphatic carbocycles. The fourth-order valence-electron chi connectivity index (χ4n) is 2.31. The number of hydrogen-bond donors (Lipinski definition) is 2. The van der Waals surface area contributed by atoms with E-state index in [1.54, 1.807) is 0 Å². The second-order valence-corrected chi connectivity index (χ2v) is 5.72. The fourth-order valence-corrected chi connectivity index (χ4v) is 2.31. The van der Waals surface area contributed by atoms with Crippen LogP contribution in [0.25, 0.3) is 0 Å². The summed E-state index contributed by atoms with van der Waals surface area (Å²) < 4.78 is 0. The van der Waals surface area contributed by atoms with Crippen LogP contribution >= 0.6 is 0 Å². The van der Waals surface area contributed by atoms with Gasteiger partial charge < -0.3 is 10.2 Å². The van der Waals surface area contributed by atoms with Gasteiger partial charge in [0.15, 0.2) is 6.19 Å². The predicted molar refractivity (Wildman–Crippen MR) is 98.7 cm³/mol. The summed E-state index contributed by atoms with van der Waals surface area (Å²) in [5.74, 6) is 0.462. The molecular formula is C19H23N5. The lowest BCUT2D eigenvalue weighted by Crippen LogP contribution is -2.35. The van der Waals surface area contributed by atoms with E-state index >= 15 is 0 Å². The molecular weight excluding hydrogens is 298 g/mol. The summed E-state index contributed by atoms with van der Waals surface area (Å²) in [4.78, 5) is 6.71. The van der Waals surface area contributed by atoms with E-state index in [4.69, 9.17) is 5.26 Å². The minimum absolute atomic E-state index is 0.250. The van der Waals surface area contributed by atoms with Crippen molar-refractivity contribution in [3.8, 4) is 6.19 Å². The molecule has 2 aromatic rings. The molecule has 5 nitrogen and oxygen atoms in total. The van der Waals surface area contributed by atoms with Crippen molar-refractivity contribution in [3.05, 3.63) is 66.2 Å². The summed E-state index contributed by atoms with van der Waals surface area (Å²) in [5, 5.41) is 14.7. The first-order chi connectivity index (χ1) is 11.7. The van der Waals surface area contributed by atoms with Gasteiger partial charge in [0.2, 0.25) is 5.96 Å². The highest BCUT2D eigenvalue weighted by Crippen LogP contribution is 2.08. The van der Waals surface area contributed by atoms with Crippen molar-refractivity contribution < 1.29 is 0 Å². The number of aliphatic imine (C=N–C) groups is 1. The van der Waals surface area contributed by atoms with Gasteiger partial charge in [0.05, 0.1) is 6.54 Å². The van der Waals surface area contributed by atoms with Gasteiger partial charge in [-0.15, -0.1) is 0 Å². The first kappa shape index (κ1) is 17.5. The van der Waals surface area contributed by atoms with E-state index < -0.39 is 0 Å². The van der Waals surface area contributed by atoms with E-state index in [0.29, 0.717) is 12.5 Å². The van der Waals surface area contributed by atoms with Crippen LogP contribution in [-0.4, -0.2) is 37.5 Å². The largest absolute Gasteiger partial charge is 0.326 e. The first-order valence-electron chi connectivity index (χ1n) is 7.91. The molecule has 0 amide bonds. The summed E-state index contributed by atoms with van der Waals surface area (Å²) in [6.45, 7) is 0.589. The summed E-state index contributed by atoms with van der Waals surface area (Å²) in [5.41, 5.74) is 2.17. The standard InChI is InChI=1S/C19H23N5/c1-24(2)18(13-16-9-5-3-6-10-16)14-21-19(22-15-20)23-17-11-7-4-8-12-17/h3-12,18H,13-14H2,1-2H3,(H2,21,22,23)/t18-/m0/s1. The van der Waals surface area contributed by atoms with Crippen LogP contribution in [0.3, 0.4) is 0 Å². The maximum absolute atomic E-state index is 8.93. The Morgan fingerprint density at radius 1 is 1.08 bits per heavy atom. The molecule has 0 unspecified atom stereocenters. The zero-order chi connectivity index (χ0) is 17.2. The molecule has 124 valence electrons. The molecule has 2 aromatic carbocycles. The summed E-state index contributed by atoms with van der Waals surface area (Å²) in [6, 6.07) is 20.3. The quantitative estimate of drug-likeness (QED) is 0.372. The Morgan fingerprint density at radius 2 is 1.71 bits per heavy atom. The highest BCUT2D eigenvalue weighted by atomic mass is 15.2. The van der Waals surface area contributed by atoms with Gasteiger partial charge in [-0.05, 0) is 38.2 Å². The lowest BCUT2D eigenvalue weighted by Gasteiger charge is -2.23. The third-order valence-corrected chi connectivity index (χ3v) is 3.72. The van der Waals surface area contributed by atoms with Gasteiger partial charge in [0.1, 0.15) is 0 Å². The van der Waals surface area contributed by atoms with Crippen LogP contribution in [0.5, 0.6) is 0 Å². The SMILES string of the molecule is CN(C)[C@H](CN=C(NC#N)Nc1ccccc1)Cc1ccccc1. The maximum atomic E-state index is 8.93. The molecule has 0 fully saturated rings. The molecule has 2 rings (SSSR count). The highest BCUT2D eigenvalue weighted by Gasteiger charge is 2.12. The maximum Gasteiger partial charge on any atom is 0.209 e. The summed E-state index contributed by atoms with van der Waals surface area (Å²) in [6.07, 6.45) is 2.84. The topological polar surface area (TPSA) is 63.5 Å². The minimum Gasteiger partial charge on any atom is -0.326 e. The fraction of sp³-hybridized carbons (Fsp3) is 0.263. The van der Waals surface area contributed by atoms with Crippen molar-refractivity contribution >= 4 is 11.6 Å². The molecule has 0 aliphatic rings. The van der Waals surface area contributed by atoms with Crippen LogP contribution in [0, 0.1) is 11.5 Å². The van der Waals surface area contributed by atoms with Crippen molar-refractivity contribution in [3.63, 3.8) is 0 Å². The minimum atomic E-state index is 0.250. The number of nitriles is 1. The Labute approximate surface area is 143 Å². The van der Waals surface area contributed by atoms with Gasteiger partial charge >= 0.3 is 0 Å². The van der Waals surface area contributed by atoms with Gasteiger partial charge in [-0.1, -0.05) is 48.5 Å². The lowest BCUT2D eigenvalue weighted by molar-refractivity contribution is 0.298. The van der Waals surface area contributed by atoms with Crippen LogP contribution in [-0.2, 0) is 6.42 Å². The molecule has 0 radical (unpaired) electrons. The zero-order valence-electron chi connectivity index (χ0n) is 14.1. The van der Waals surface area contributed by atoms with E-state index in [0.717, 1.165) is 12.1 Å². The van der Waals surface area contributed by atoms with E-state index in [1.807, 2.05) is 68.8 Å². The normalized spacial score (nSPS) is 12.5. The van der Waals surface area contributed by atoms with E-state index in [2.05, 4.69) is 32.7 Å². The van der Waals surface area contributed by atoms with Gasteiger partial charge in [0, 0.05) is 11.7 Å². The van der Waals surface area contributed by atoms with E-state index in [1.165, 1.54) is 5.56 Å². The number of nitrogens with zero attached hydrogens (tertiary/aromatic N) is 3. The smallest absolute Gasteiger partial charge is 0.209 e. The third kappa shape index (κ3) is 5.75. The number of nitrogens with one attached hydrogen (secondary N) is 2.